The van der Waals surface area contributed by atoms with Gasteiger partial charge in [0.15, 0.2) is 0 Å². The van der Waals surface area contributed by atoms with E-state index in [0.717, 1.165) is 30.8 Å². The van der Waals surface area contributed by atoms with Crippen molar-refractivity contribution in [3.63, 3.8) is 0 Å². The normalized spacial score (nSPS) is 24.4. The predicted octanol–water partition coefficient (Wildman–Crippen LogP) is 4.17. The maximum Gasteiger partial charge on any atom is 0.0965 e. The van der Waals surface area contributed by atoms with Crippen molar-refractivity contribution in [2.75, 3.05) is 19.6 Å². The molecule has 2 aromatic rings. The molecule has 2 aliphatic rings. The van der Waals surface area contributed by atoms with E-state index in [1.807, 2.05) is 6.92 Å². The van der Waals surface area contributed by atoms with Crippen molar-refractivity contribution < 1.29 is 5.11 Å². The summed E-state index contributed by atoms with van der Waals surface area (Å²) in [7, 11) is 0. The van der Waals surface area contributed by atoms with Gasteiger partial charge in [0, 0.05) is 12.2 Å². The number of pyridine rings is 1. The SMILES string of the molecule is Cc1ccc2c(n1)C(O)CC(CN1CCC(c3ccccc3C)CC1)C2. The largest absolute Gasteiger partial charge is 0.387 e. The van der Waals surface area contributed by atoms with Crippen LogP contribution in [0.1, 0.15) is 59.4 Å². The molecule has 1 aromatic heterocycles. The van der Waals surface area contributed by atoms with E-state index < -0.39 is 6.10 Å². The number of aliphatic hydroxyl groups is 1. The van der Waals surface area contributed by atoms with Crippen LogP contribution in [0.3, 0.4) is 0 Å². The third kappa shape index (κ3) is 3.70. The summed E-state index contributed by atoms with van der Waals surface area (Å²) in [4.78, 5) is 7.17. The topological polar surface area (TPSA) is 36.4 Å². The summed E-state index contributed by atoms with van der Waals surface area (Å²) in [5.74, 6) is 1.24. The van der Waals surface area contributed by atoms with Crippen molar-refractivity contribution in [3.05, 3.63) is 64.5 Å². The van der Waals surface area contributed by atoms with Crippen LogP contribution in [0, 0.1) is 19.8 Å². The lowest BCUT2D eigenvalue weighted by atomic mass is 9.83. The van der Waals surface area contributed by atoms with Crippen LogP contribution in [-0.4, -0.2) is 34.6 Å². The molecule has 2 heterocycles. The smallest absolute Gasteiger partial charge is 0.0965 e. The molecule has 0 amide bonds. The highest BCUT2D eigenvalue weighted by Crippen LogP contribution is 2.34. The first-order valence-electron chi connectivity index (χ1n) is 10.0. The van der Waals surface area contributed by atoms with Crippen LogP contribution in [0.4, 0.5) is 0 Å². The van der Waals surface area contributed by atoms with Gasteiger partial charge in [-0.15, -0.1) is 0 Å². The average Bonchev–Trinajstić information content (AvgIpc) is 2.64. The van der Waals surface area contributed by atoms with Crippen LogP contribution >= 0.6 is 0 Å². The van der Waals surface area contributed by atoms with E-state index in [-0.39, 0.29) is 0 Å². The number of fused-ring (bicyclic) bond motifs is 1. The Kier molecular flexibility index (Phi) is 5.10. The Morgan fingerprint density at radius 2 is 1.85 bits per heavy atom. The van der Waals surface area contributed by atoms with E-state index in [2.05, 4.69) is 53.2 Å². The highest BCUT2D eigenvalue weighted by Gasteiger charge is 2.29. The first-order valence-corrected chi connectivity index (χ1v) is 10.0. The lowest BCUT2D eigenvalue weighted by Gasteiger charge is -2.37. The van der Waals surface area contributed by atoms with E-state index >= 15 is 0 Å². The number of likely N-dealkylation sites (tertiary alicyclic amines) is 1. The molecule has 0 radical (unpaired) electrons. The number of rotatable bonds is 3. The molecule has 1 N–H and O–H groups in total. The van der Waals surface area contributed by atoms with Crippen LogP contribution in [0.5, 0.6) is 0 Å². The van der Waals surface area contributed by atoms with Gasteiger partial charge in [-0.2, -0.15) is 0 Å². The summed E-state index contributed by atoms with van der Waals surface area (Å²) >= 11 is 0. The molecule has 0 bridgehead atoms. The monoisotopic (exact) mass is 350 g/mol. The van der Waals surface area contributed by atoms with Gasteiger partial charge in [0.05, 0.1) is 11.8 Å². The first-order chi connectivity index (χ1) is 12.6. The number of benzene rings is 1. The number of nitrogens with zero attached hydrogens (tertiary/aromatic N) is 2. The van der Waals surface area contributed by atoms with Crippen molar-refractivity contribution >= 4 is 0 Å². The number of hydrogen-bond donors (Lipinski definition) is 1. The summed E-state index contributed by atoms with van der Waals surface area (Å²) in [6.07, 6.45) is 4.00. The molecule has 0 saturated carbocycles. The average molecular weight is 351 g/mol. The van der Waals surface area contributed by atoms with Crippen LogP contribution in [0.2, 0.25) is 0 Å². The lowest BCUT2D eigenvalue weighted by Crippen LogP contribution is -2.38. The van der Waals surface area contributed by atoms with E-state index in [9.17, 15) is 5.11 Å². The molecule has 2 unspecified atom stereocenters. The summed E-state index contributed by atoms with van der Waals surface area (Å²) in [6.45, 7) is 7.68. The van der Waals surface area contributed by atoms with Crippen molar-refractivity contribution in [1.82, 2.24) is 9.88 Å². The number of aryl methyl sites for hydroxylation is 2. The van der Waals surface area contributed by atoms with Crippen LogP contribution in [0.25, 0.3) is 0 Å². The Bertz CT molecular complexity index is 765. The third-order valence-electron chi connectivity index (χ3n) is 6.26. The molecule has 0 spiro atoms. The van der Waals surface area contributed by atoms with Crippen LogP contribution in [0.15, 0.2) is 36.4 Å². The molecule has 138 valence electrons. The second kappa shape index (κ2) is 7.50. The zero-order valence-corrected chi connectivity index (χ0v) is 16.0. The molecule has 4 rings (SSSR count). The van der Waals surface area contributed by atoms with Crippen molar-refractivity contribution in [2.45, 2.75) is 51.6 Å². The molecule has 3 heteroatoms. The number of aromatic nitrogens is 1. The molecule has 26 heavy (non-hydrogen) atoms. The molecule has 1 saturated heterocycles. The Balaban J connectivity index is 1.35. The zero-order chi connectivity index (χ0) is 18.1. The van der Waals surface area contributed by atoms with Gasteiger partial charge in [0.1, 0.15) is 0 Å². The summed E-state index contributed by atoms with van der Waals surface area (Å²) < 4.78 is 0. The fraction of sp³-hybridized carbons (Fsp3) is 0.522. The van der Waals surface area contributed by atoms with Crippen molar-refractivity contribution in [1.29, 1.82) is 0 Å². The Morgan fingerprint density at radius 3 is 2.62 bits per heavy atom. The molecular weight excluding hydrogens is 320 g/mol. The predicted molar refractivity (Wildman–Crippen MR) is 105 cm³/mol. The van der Waals surface area contributed by atoms with E-state index in [4.69, 9.17) is 0 Å². The van der Waals surface area contributed by atoms with Crippen LogP contribution in [-0.2, 0) is 6.42 Å². The molecule has 1 aromatic carbocycles. The van der Waals surface area contributed by atoms with Gasteiger partial charge in [-0.05, 0) is 87.2 Å². The molecule has 1 aliphatic heterocycles. The maximum absolute atomic E-state index is 10.5. The highest BCUT2D eigenvalue weighted by atomic mass is 16.3. The van der Waals surface area contributed by atoms with Gasteiger partial charge in [-0.25, -0.2) is 0 Å². The number of hydrogen-bond acceptors (Lipinski definition) is 3. The molecular formula is C23H30N2O. The maximum atomic E-state index is 10.5. The van der Waals surface area contributed by atoms with Crippen molar-refractivity contribution in [3.8, 4) is 0 Å². The first kappa shape index (κ1) is 17.7. The highest BCUT2D eigenvalue weighted by molar-refractivity contribution is 5.30. The molecule has 3 nitrogen and oxygen atoms in total. The molecule has 1 fully saturated rings. The van der Waals surface area contributed by atoms with E-state index in [0.29, 0.717) is 11.8 Å². The second-order valence-electron chi connectivity index (χ2n) is 8.25. The molecule has 1 aliphatic carbocycles. The minimum absolute atomic E-state index is 0.395. The minimum Gasteiger partial charge on any atom is -0.387 e. The fourth-order valence-corrected chi connectivity index (χ4v) is 4.86. The Labute approximate surface area is 157 Å². The number of piperidine rings is 1. The lowest BCUT2D eigenvalue weighted by molar-refractivity contribution is 0.101. The third-order valence-corrected chi connectivity index (χ3v) is 6.26. The van der Waals surface area contributed by atoms with Gasteiger partial charge in [-0.1, -0.05) is 30.3 Å². The summed E-state index contributed by atoms with van der Waals surface area (Å²) in [5, 5.41) is 10.5. The fourth-order valence-electron chi connectivity index (χ4n) is 4.86. The minimum atomic E-state index is -0.395. The summed E-state index contributed by atoms with van der Waals surface area (Å²) in [5.41, 5.74) is 6.13. The standard InChI is InChI=1S/C23H30N2O/c1-16-5-3-4-6-21(16)19-9-11-25(12-10-19)15-18-13-20-8-7-17(2)24-23(20)22(26)14-18/h3-8,18-19,22,26H,9-15H2,1-2H3. The Morgan fingerprint density at radius 1 is 1.08 bits per heavy atom. The van der Waals surface area contributed by atoms with E-state index in [1.165, 1.54) is 42.6 Å². The van der Waals surface area contributed by atoms with Gasteiger partial charge in [0.2, 0.25) is 0 Å². The quantitative estimate of drug-likeness (QED) is 0.902. The van der Waals surface area contributed by atoms with Gasteiger partial charge < -0.3 is 10.0 Å². The van der Waals surface area contributed by atoms with Gasteiger partial charge in [-0.3, -0.25) is 4.98 Å². The van der Waals surface area contributed by atoms with Gasteiger partial charge in [0.25, 0.3) is 0 Å². The van der Waals surface area contributed by atoms with E-state index in [1.54, 1.807) is 0 Å². The van der Waals surface area contributed by atoms with Gasteiger partial charge >= 0.3 is 0 Å². The summed E-state index contributed by atoms with van der Waals surface area (Å²) in [6, 6.07) is 13.1. The number of aliphatic hydroxyl groups excluding tert-OH is 1. The van der Waals surface area contributed by atoms with Crippen molar-refractivity contribution in [2.24, 2.45) is 5.92 Å². The zero-order valence-electron chi connectivity index (χ0n) is 16.0. The molecule has 2 atom stereocenters. The Hall–Kier alpha value is -1.71. The second-order valence-corrected chi connectivity index (χ2v) is 8.25. The van der Waals surface area contributed by atoms with Crippen LogP contribution < -0.4 is 0 Å².